The third-order valence-electron chi connectivity index (χ3n) is 1.26. The molecule has 0 saturated carbocycles. The largest absolute Gasteiger partial charge is 0.342 e. The molecular formula is C8H15ClO3. The van der Waals surface area contributed by atoms with Crippen molar-refractivity contribution in [2.24, 2.45) is 0 Å². The number of carbonyl (C=O) groups is 1. The van der Waals surface area contributed by atoms with Gasteiger partial charge in [0.25, 0.3) is 0 Å². The zero-order chi connectivity index (χ0) is 9.40. The van der Waals surface area contributed by atoms with Crippen LogP contribution in [0.25, 0.3) is 0 Å². The lowest BCUT2D eigenvalue weighted by Gasteiger charge is -2.03. The summed E-state index contributed by atoms with van der Waals surface area (Å²) in [5.41, 5.74) is -0.583. The first-order chi connectivity index (χ1) is 5.66. The molecule has 4 heteroatoms. The van der Waals surface area contributed by atoms with Crippen molar-refractivity contribution in [1.29, 1.82) is 0 Å². The van der Waals surface area contributed by atoms with Crippen LogP contribution in [-0.4, -0.2) is 11.5 Å². The van der Waals surface area contributed by atoms with Crippen LogP contribution in [0.3, 0.4) is 0 Å². The third-order valence-corrected chi connectivity index (χ3v) is 1.33. The molecule has 0 bridgehead atoms. The molecule has 0 aromatic carbocycles. The molecule has 0 aliphatic heterocycles. The van der Waals surface area contributed by atoms with Crippen molar-refractivity contribution in [3.05, 3.63) is 0 Å². The van der Waals surface area contributed by atoms with E-state index in [0.717, 1.165) is 19.3 Å². The summed E-state index contributed by atoms with van der Waals surface area (Å²) in [6.45, 7) is 3.66. The van der Waals surface area contributed by atoms with E-state index in [1.54, 1.807) is 6.92 Å². The average Bonchev–Trinajstić information content (AvgIpc) is 2.01. The first-order valence-corrected chi connectivity index (χ1v) is 4.60. The second-order valence-corrected chi connectivity index (χ2v) is 3.17. The fraction of sp³-hybridized carbons (Fsp3) is 0.875. The Morgan fingerprint density at radius 1 is 1.50 bits per heavy atom. The van der Waals surface area contributed by atoms with Crippen molar-refractivity contribution in [3.63, 3.8) is 0 Å². The van der Waals surface area contributed by atoms with Crippen LogP contribution in [-0.2, 0) is 14.6 Å². The molecule has 0 rings (SSSR count). The maximum Gasteiger partial charge on any atom is 0.342 e. The van der Waals surface area contributed by atoms with Gasteiger partial charge in [-0.2, -0.15) is 4.89 Å². The fourth-order valence-electron chi connectivity index (χ4n) is 0.681. The standard InChI is InChI=1S/C8H15ClO3/c1-3-4-5-6-8(10)12-11-7(2)9/h7H,3-6H2,1-2H3. The maximum atomic E-state index is 10.8. The molecule has 0 fully saturated rings. The fourth-order valence-corrected chi connectivity index (χ4v) is 0.717. The molecule has 3 nitrogen and oxygen atoms in total. The molecule has 1 unspecified atom stereocenters. The number of carbonyl (C=O) groups excluding carboxylic acids is 1. The summed E-state index contributed by atoms with van der Waals surface area (Å²) >= 11 is 5.38. The molecule has 0 N–H and O–H groups in total. The zero-order valence-corrected chi connectivity index (χ0v) is 8.26. The van der Waals surface area contributed by atoms with Crippen molar-refractivity contribution >= 4 is 17.6 Å². The van der Waals surface area contributed by atoms with Gasteiger partial charge in [-0.1, -0.05) is 31.4 Å². The van der Waals surface area contributed by atoms with Crippen LogP contribution in [0, 0.1) is 0 Å². The highest BCUT2D eigenvalue weighted by molar-refractivity contribution is 6.19. The van der Waals surface area contributed by atoms with E-state index >= 15 is 0 Å². The number of halogens is 1. The van der Waals surface area contributed by atoms with Gasteiger partial charge in [-0.15, -0.1) is 0 Å². The summed E-state index contributed by atoms with van der Waals surface area (Å²) in [7, 11) is 0. The van der Waals surface area contributed by atoms with E-state index in [1.165, 1.54) is 0 Å². The average molecular weight is 195 g/mol. The van der Waals surface area contributed by atoms with Gasteiger partial charge < -0.3 is 0 Å². The van der Waals surface area contributed by atoms with Crippen LogP contribution in [0.5, 0.6) is 0 Å². The highest BCUT2D eigenvalue weighted by Gasteiger charge is 2.05. The van der Waals surface area contributed by atoms with Crippen LogP contribution >= 0.6 is 11.6 Å². The SMILES string of the molecule is CCCCCC(=O)OOC(C)Cl. The van der Waals surface area contributed by atoms with Gasteiger partial charge in [-0.25, -0.2) is 4.79 Å². The Labute approximate surface area is 77.9 Å². The Balaban J connectivity index is 3.22. The van der Waals surface area contributed by atoms with Crippen LogP contribution in [0.2, 0.25) is 0 Å². The summed E-state index contributed by atoms with van der Waals surface area (Å²) in [5, 5.41) is 0. The Morgan fingerprint density at radius 2 is 2.17 bits per heavy atom. The molecule has 0 radical (unpaired) electrons. The topological polar surface area (TPSA) is 35.5 Å². The molecule has 0 amide bonds. The molecule has 0 aromatic heterocycles. The molecule has 72 valence electrons. The zero-order valence-electron chi connectivity index (χ0n) is 7.51. The molecule has 1 atom stereocenters. The van der Waals surface area contributed by atoms with Gasteiger partial charge in [-0.05, 0) is 13.3 Å². The highest BCUT2D eigenvalue weighted by atomic mass is 35.5. The van der Waals surface area contributed by atoms with Gasteiger partial charge in [0, 0.05) is 6.42 Å². The smallest absolute Gasteiger partial charge is 0.297 e. The van der Waals surface area contributed by atoms with Crippen molar-refractivity contribution < 1.29 is 14.6 Å². The summed E-state index contributed by atoms with van der Waals surface area (Å²) in [5.74, 6) is -0.351. The number of unbranched alkanes of at least 4 members (excludes halogenated alkanes) is 2. The van der Waals surface area contributed by atoms with Crippen LogP contribution in [0.1, 0.15) is 39.5 Å². The normalized spacial score (nSPS) is 12.6. The number of rotatable bonds is 6. The van der Waals surface area contributed by atoms with Crippen LogP contribution < -0.4 is 0 Å². The van der Waals surface area contributed by atoms with E-state index in [4.69, 9.17) is 11.6 Å². The van der Waals surface area contributed by atoms with Gasteiger partial charge >= 0.3 is 5.97 Å². The minimum absolute atomic E-state index is 0.351. The predicted molar refractivity (Wildman–Crippen MR) is 46.6 cm³/mol. The van der Waals surface area contributed by atoms with Crippen molar-refractivity contribution in [3.8, 4) is 0 Å². The van der Waals surface area contributed by atoms with Gasteiger partial charge in [0.2, 0.25) is 0 Å². The summed E-state index contributed by atoms with van der Waals surface area (Å²) in [6, 6.07) is 0. The molecule has 12 heavy (non-hydrogen) atoms. The number of hydrogen-bond donors (Lipinski definition) is 0. The van der Waals surface area contributed by atoms with Crippen LogP contribution in [0.15, 0.2) is 0 Å². The van der Waals surface area contributed by atoms with Gasteiger partial charge in [-0.3, -0.25) is 4.89 Å². The summed E-state index contributed by atoms with van der Waals surface area (Å²) in [4.78, 5) is 19.6. The molecule has 0 aromatic rings. The van der Waals surface area contributed by atoms with Crippen molar-refractivity contribution in [2.75, 3.05) is 0 Å². The van der Waals surface area contributed by atoms with Gasteiger partial charge in [0.1, 0.15) is 0 Å². The first kappa shape index (κ1) is 11.7. The van der Waals surface area contributed by atoms with Crippen molar-refractivity contribution in [2.45, 2.75) is 45.1 Å². The Bertz CT molecular complexity index is 125. The predicted octanol–water partition coefficient (Wildman–Crippen LogP) is 2.63. The van der Waals surface area contributed by atoms with Crippen molar-refractivity contribution in [1.82, 2.24) is 0 Å². The van der Waals surface area contributed by atoms with E-state index in [0.29, 0.717) is 6.42 Å². The first-order valence-electron chi connectivity index (χ1n) is 4.17. The van der Waals surface area contributed by atoms with E-state index in [-0.39, 0.29) is 5.97 Å². The minimum Gasteiger partial charge on any atom is -0.297 e. The van der Waals surface area contributed by atoms with E-state index < -0.39 is 5.56 Å². The lowest BCUT2D eigenvalue weighted by Crippen LogP contribution is -2.08. The molecule has 0 saturated heterocycles. The third kappa shape index (κ3) is 7.82. The number of hydrogen-bond acceptors (Lipinski definition) is 3. The number of alkyl halides is 1. The maximum absolute atomic E-state index is 10.8. The molecule has 0 aliphatic carbocycles. The summed E-state index contributed by atoms with van der Waals surface area (Å²) in [6.07, 6.45) is 3.36. The minimum atomic E-state index is -0.583. The lowest BCUT2D eigenvalue weighted by molar-refractivity contribution is -0.279. The van der Waals surface area contributed by atoms with E-state index in [1.807, 2.05) is 0 Å². The Kier molecular flexibility index (Phi) is 7.20. The van der Waals surface area contributed by atoms with E-state index in [2.05, 4.69) is 16.7 Å². The second kappa shape index (κ2) is 7.37. The Morgan fingerprint density at radius 3 is 2.67 bits per heavy atom. The Hall–Kier alpha value is -0.280. The second-order valence-electron chi connectivity index (χ2n) is 2.55. The van der Waals surface area contributed by atoms with Gasteiger partial charge in [0.15, 0.2) is 5.56 Å². The molecule has 0 aliphatic rings. The van der Waals surface area contributed by atoms with Gasteiger partial charge in [0.05, 0.1) is 0 Å². The lowest BCUT2D eigenvalue weighted by atomic mass is 10.2. The monoisotopic (exact) mass is 194 g/mol. The summed E-state index contributed by atoms with van der Waals surface area (Å²) < 4.78 is 0. The molecule has 0 heterocycles. The quantitative estimate of drug-likeness (QED) is 0.282. The van der Waals surface area contributed by atoms with E-state index in [9.17, 15) is 4.79 Å². The molecule has 0 spiro atoms. The highest BCUT2D eigenvalue weighted by Crippen LogP contribution is 2.03. The molecular weight excluding hydrogens is 180 g/mol. The van der Waals surface area contributed by atoms with Crippen LogP contribution in [0.4, 0.5) is 0 Å².